The van der Waals surface area contributed by atoms with E-state index in [1.165, 1.54) is 16.8 Å². The van der Waals surface area contributed by atoms with Crippen LogP contribution in [0, 0.1) is 6.92 Å². The lowest BCUT2D eigenvalue weighted by atomic mass is 9.89. The lowest BCUT2D eigenvalue weighted by molar-refractivity contribution is 0.260. The average molecular weight is 260 g/mol. The molecule has 106 valence electrons. The van der Waals surface area contributed by atoms with Crippen molar-refractivity contribution in [3.8, 4) is 0 Å². The van der Waals surface area contributed by atoms with E-state index in [0.29, 0.717) is 0 Å². The molecule has 1 aromatic carbocycles. The van der Waals surface area contributed by atoms with E-state index in [4.69, 9.17) is 0 Å². The van der Waals surface area contributed by atoms with Crippen LogP contribution in [0.1, 0.15) is 45.7 Å². The van der Waals surface area contributed by atoms with Gasteiger partial charge in [0.2, 0.25) is 0 Å². The fourth-order valence-electron chi connectivity index (χ4n) is 2.99. The summed E-state index contributed by atoms with van der Waals surface area (Å²) in [5, 5.41) is 3.66. The van der Waals surface area contributed by atoms with Crippen LogP contribution in [0.2, 0.25) is 0 Å². The lowest BCUT2D eigenvalue weighted by Crippen LogP contribution is -2.66. The quantitative estimate of drug-likeness (QED) is 0.875. The zero-order valence-electron chi connectivity index (χ0n) is 13.3. The SMILES string of the molecule is CCc1cccc(C)c1N1CC(C)(C)NCC1(C)C. The highest BCUT2D eigenvalue weighted by molar-refractivity contribution is 5.61. The first kappa shape index (κ1) is 14.4. The van der Waals surface area contributed by atoms with Gasteiger partial charge in [0.25, 0.3) is 0 Å². The van der Waals surface area contributed by atoms with Crippen molar-refractivity contribution in [1.29, 1.82) is 0 Å². The minimum atomic E-state index is 0.158. The molecular formula is C17H28N2. The third-order valence-electron chi connectivity index (χ3n) is 4.26. The molecule has 0 aromatic heterocycles. The monoisotopic (exact) mass is 260 g/mol. The number of nitrogens with zero attached hydrogens (tertiary/aromatic N) is 1. The van der Waals surface area contributed by atoms with Gasteiger partial charge in [0, 0.05) is 29.9 Å². The van der Waals surface area contributed by atoms with E-state index < -0.39 is 0 Å². The fraction of sp³-hybridized carbons (Fsp3) is 0.647. The summed E-state index contributed by atoms with van der Waals surface area (Å²) < 4.78 is 0. The van der Waals surface area contributed by atoms with E-state index in [9.17, 15) is 0 Å². The van der Waals surface area contributed by atoms with E-state index in [1.807, 2.05) is 0 Å². The Labute approximate surface area is 118 Å². The van der Waals surface area contributed by atoms with Crippen molar-refractivity contribution in [3.05, 3.63) is 29.3 Å². The maximum Gasteiger partial charge on any atom is 0.0471 e. The predicted molar refractivity (Wildman–Crippen MR) is 84.1 cm³/mol. The van der Waals surface area contributed by atoms with Crippen LogP contribution in [-0.4, -0.2) is 24.2 Å². The molecule has 0 aliphatic carbocycles. The van der Waals surface area contributed by atoms with Crippen molar-refractivity contribution in [2.75, 3.05) is 18.0 Å². The Kier molecular flexibility index (Phi) is 3.65. The Hall–Kier alpha value is -1.02. The topological polar surface area (TPSA) is 15.3 Å². The molecule has 2 rings (SSSR count). The fourth-order valence-corrected chi connectivity index (χ4v) is 2.99. The van der Waals surface area contributed by atoms with Crippen LogP contribution in [0.25, 0.3) is 0 Å². The summed E-state index contributed by atoms with van der Waals surface area (Å²) >= 11 is 0. The summed E-state index contributed by atoms with van der Waals surface area (Å²) in [5.41, 5.74) is 4.63. The number of piperazine rings is 1. The lowest BCUT2D eigenvalue weighted by Gasteiger charge is -2.52. The number of rotatable bonds is 2. The summed E-state index contributed by atoms with van der Waals surface area (Å²) in [6.07, 6.45) is 1.09. The Morgan fingerprint density at radius 2 is 1.89 bits per heavy atom. The zero-order chi connectivity index (χ0) is 14.3. The molecule has 0 spiro atoms. The van der Waals surface area contributed by atoms with Gasteiger partial charge in [-0.1, -0.05) is 25.1 Å². The minimum Gasteiger partial charge on any atom is -0.363 e. The minimum absolute atomic E-state index is 0.158. The molecular weight excluding hydrogens is 232 g/mol. The molecule has 1 N–H and O–H groups in total. The standard InChI is InChI=1S/C17H28N2/c1-7-14-10-8-9-13(2)15(14)19-12-16(3,4)18-11-17(19,5)6/h8-10,18H,7,11-12H2,1-6H3. The molecule has 1 heterocycles. The van der Waals surface area contributed by atoms with Crippen LogP contribution in [0.4, 0.5) is 5.69 Å². The highest BCUT2D eigenvalue weighted by Gasteiger charge is 2.38. The third kappa shape index (κ3) is 2.79. The third-order valence-corrected chi connectivity index (χ3v) is 4.26. The normalized spacial score (nSPS) is 21.5. The number of benzene rings is 1. The van der Waals surface area contributed by atoms with E-state index in [0.717, 1.165) is 19.5 Å². The van der Waals surface area contributed by atoms with Crippen molar-refractivity contribution in [2.24, 2.45) is 0 Å². The second-order valence-corrected chi connectivity index (χ2v) is 7.07. The summed E-state index contributed by atoms with van der Waals surface area (Å²) in [6.45, 7) is 15.8. The highest BCUT2D eigenvalue weighted by Crippen LogP contribution is 2.34. The summed E-state index contributed by atoms with van der Waals surface area (Å²) in [7, 11) is 0. The molecule has 1 aromatic rings. The van der Waals surface area contributed by atoms with Crippen LogP contribution >= 0.6 is 0 Å². The molecule has 0 saturated carbocycles. The number of hydrogen-bond acceptors (Lipinski definition) is 2. The van der Waals surface area contributed by atoms with Crippen molar-refractivity contribution >= 4 is 5.69 Å². The van der Waals surface area contributed by atoms with Gasteiger partial charge in [-0.3, -0.25) is 0 Å². The summed E-state index contributed by atoms with van der Waals surface area (Å²) in [6, 6.07) is 6.69. The number of nitrogens with one attached hydrogen (secondary N) is 1. The first-order chi connectivity index (χ1) is 8.77. The summed E-state index contributed by atoms with van der Waals surface area (Å²) in [5.74, 6) is 0. The van der Waals surface area contributed by atoms with E-state index >= 15 is 0 Å². The number of aryl methyl sites for hydroxylation is 2. The Balaban J connectivity index is 2.49. The average Bonchev–Trinajstić information content (AvgIpc) is 2.33. The maximum absolute atomic E-state index is 3.66. The van der Waals surface area contributed by atoms with Crippen molar-refractivity contribution in [2.45, 2.75) is 59.0 Å². The van der Waals surface area contributed by atoms with Crippen molar-refractivity contribution < 1.29 is 0 Å². The second-order valence-electron chi connectivity index (χ2n) is 7.07. The molecule has 1 saturated heterocycles. The van der Waals surface area contributed by atoms with Gasteiger partial charge in [0.1, 0.15) is 0 Å². The van der Waals surface area contributed by atoms with Gasteiger partial charge in [-0.05, 0) is 52.2 Å². The molecule has 1 aliphatic heterocycles. The number of para-hydroxylation sites is 1. The van der Waals surface area contributed by atoms with Crippen molar-refractivity contribution in [3.63, 3.8) is 0 Å². The van der Waals surface area contributed by atoms with Crippen LogP contribution in [-0.2, 0) is 6.42 Å². The molecule has 0 amide bonds. The van der Waals surface area contributed by atoms with Gasteiger partial charge >= 0.3 is 0 Å². The number of hydrogen-bond donors (Lipinski definition) is 1. The van der Waals surface area contributed by atoms with E-state index in [1.54, 1.807) is 0 Å². The molecule has 0 atom stereocenters. The predicted octanol–water partition coefficient (Wildman–Crippen LogP) is 3.52. The largest absolute Gasteiger partial charge is 0.363 e. The second kappa shape index (κ2) is 4.82. The molecule has 0 unspecified atom stereocenters. The molecule has 2 heteroatoms. The molecule has 1 aliphatic rings. The van der Waals surface area contributed by atoms with E-state index in [2.05, 4.69) is 70.0 Å². The van der Waals surface area contributed by atoms with Crippen molar-refractivity contribution in [1.82, 2.24) is 5.32 Å². The van der Waals surface area contributed by atoms with Gasteiger partial charge in [-0.2, -0.15) is 0 Å². The molecule has 1 fully saturated rings. The first-order valence-corrected chi connectivity index (χ1v) is 7.38. The van der Waals surface area contributed by atoms with Gasteiger partial charge in [-0.25, -0.2) is 0 Å². The molecule has 19 heavy (non-hydrogen) atoms. The molecule has 0 radical (unpaired) electrons. The Bertz CT molecular complexity index is 460. The summed E-state index contributed by atoms with van der Waals surface area (Å²) in [4.78, 5) is 2.61. The van der Waals surface area contributed by atoms with Crippen LogP contribution in [0.15, 0.2) is 18.2 Å². The smallest absolute Gasteiger partial charge is 0.0471 e. The first-order valence-electron chi connectivity index (χ1n) is 7.38. The Morgan fingerprint density at radius 3 is 2.53 bits per heavy atom. The highest BCUT2D eigenvalue weighted by atomic mass is 15.3. The van der Waals surface area contributed by atoms with Gasteiger partial charge in [0.15, 0.2) is 0 Å². The van der Waals surface area contributed by atoms with Gasteiger partial charge < -0.3 is 10.2 Å². The van der Waals surface area contributed by atoms with Crippen LogP contribution in [0.5, 0.6) is 0 Å². The maximum atomic E-state index is 3.66. The molecule has 0 bridgehead atoms. The van der Waals surface area contributed by atoms with Crippen LogP contribution < -0.4 is 10.2 Å². The Morgan fingerprint density at radius 1 is 1.21 bits per heavy atom. The molecule has 2 nitrogen and oxygen atoms in total. The van der Waals surface area contributed by atoms with Gasteiger partial charge in [0.05, 0.1) is 0 Å². The van der Waals surface area contributed by atoms with Gasteiger partial charge in [-0.15, -0.1) is 0 Å². The van der Waals surface area contributed by atoms with Crippen LogP contribution in [0.3, 0.4) is 0 Å². The van der Waals surface area contributed by atoms with E-state index in [-0.39, 0.29) is 11.1 Å². The number of anilines is 1. The zero-order valence-corrected chi connectivity index (χ0v) is 13.3.